The van der Waals surface area contributed by atoms with Gasteiger partial charge in [0.2, 0.25) is 0 Å². The molecule has 0 fully saturated rings. The Bertz CT molecular complexity index is 902. The van der Waals surface area contributed by atoms with Crippen LogP contribution in [0.5, 0.6) is 5.75 Å². The highest BCUT2D eigenvalue weighted by atomic mass is 16.3. The van der Waals surface area contributed by atoms with E-state index >= 15 is 0 Å². The van der Waals surface area contributed by atoms with Crippen molar-refractivity contribution in [2.24, 2.45) is 0 Å². The van der Waals surface area contributed by atoms with E-state index in [9.17, 15) is 9.90 Å². The summed E-state index contributed by atoms with van der Waals surface area (Å²) in [6, 6.07) is 17.5. The third-order valence-corrected chi connectivity index (χ3v) is 4.61. The molecule has 0 saturated heterocycles. The summed E-state index contributed by atoms with van der Waals surface area (Å²) >= 11 is 0. The molecule has 4 rings (SSSR count). The number of hydrogen-bond acceptors (Lipinski definition) is 3. The number of benzene rings is 2. The molecular formula is C20H19N3O2. The van der Waals surface area contributed by atoms with Crippen LogP contribution in [-0.2, 0) is 6.42 Å². The molecule has 0 spiro atoms. The fourth-order valence-electron chi connectivity index (χ4n) is 3.37. The summed E-state index contributed by atoms with van der Waals surface area (Å²) in [5.74, 6) is -0.473. The van der Waals surface area contributed by atoms with Gasteiger partial charge < -0.3 is 10.4 Å². The largest absolute Gasteiger partial charge is 0.504 e. The Kier molecular flexibility index (Phi) is 3.98. The fourth-order valence-corrected chi connectivity index (χ4v) is 3.37. The molecule has 5 nitrogen and oxygen atoms in total. The quantitative estimate of drug-likeness (QED) is 0.772. The molecule has 1 aliphatic carbocycles. The fraction of sp³-hybridized carbons (Fsp3) is 0.200. The molecule has 1 aliphatic rings. The van der Waals surface area contributed by atoms with Crippen molar-refractivity contribution in [2.45, 2.75) is 25.3 Å². The first kappa shape index (κ1) is 15.4. The number of aryl methyl sites for hydroxylation is 1. The number of rotatable bonds is 3. The van der Waals surface area contributed by atoms with E-state index in [1.54, 1.807) is 0 Å². The maximum Gasteiger partial charge on any atom is 0.276 e. The molecule has 1 heterocycles. The minimum Gasteiger partial charge on any atom is -0.504 e. The predicted molar refractivity (Wildman–Crippen MR) is 94.8 cm³/mol. The van der Waals surface area contributed by atoms with E-state index in [2.05, 4.69) is 22.5 Å². The number of carbonyl (C=O) groups excluding carboxylic acids is 1. The van der Waals surface area contributed by atoms with Crippen molar-refractivity contribution in [3.63, 3.8) is 0 Å². The van der Waals surface area contributed by atoms with Gasteiger partial charge in [-0.2, -0.15) is 5.10 Å². The lowest BCUT2D eigenvalue weighted by Crippen LogP contribution is -2.31. The van der Waals surface area contributed by atoms with Gasteiger partial charge in [0.15, 0.2) is 11.4 Å². The van der Waals surface area contributed by atoms with Gasteiger partial charge in [0.25, 0.3) is 5.91 Å². The molecule has 0 aliphatic heterocycles. The first-order chi connectivity index (χ1) is 12.2. The van der Waals surface area contributed by atoms with Crippen LogP contribution in [0.2, 0.25) is 0 Å². The van der Waals surface area contributed by atoms with E-state index in [-0.39, 0.29) is 23.4 Å². The van der Waals surface area contributed by atoms with Crippen LogP contribution in [0.3, 0.4) is 0 Å². The van der Waals surface area contributed by atoms with Gasteiger partial charge in [-0.25, -0.2) is 4.68 Å². The Morgan fingerprint density at radius 3 is 2.72 bits per heavy atom. The van der Waals surface area contributed by atoms with Crippen molar-refractivity contribution in [3.8, 4) is 11.4 Å². The summed E-state index contributed by atoms with van der Waals surface area (Å²) in [4.78, 5) is 12.6. The Morgan fingerprint density at radius 1 is 1.12 bits per heavy atom. The standard InChI is InChI=1S/C20H19N3O2/c24-18-13-23(15-9-2-1-3-10-15)22-19(18)20(25)21-17-12-6-8-14-7-4-5-11-16(14)17/h1-5,7,9-11,13,17,24H,6,8,12H2,(H,21,25). The molecule has 3 aromatic rings. The molecule has 0 bridgehead atoms. The number of fused-ring (bicyclic) bond motifs is 1. The van der Waals surface area contributed by atoms with Gasteiger partial charge in [-0.05, 0) is 42.5 Å². The van der Waals surface area contributed by atoms with Crippen molar-refractivity contribution in [2.75, 3.05) is 0 Å². The predicted octanol–water partition coefficient (Wildman–Crippen LogP) is 3.39. The Hall–Kier alpha value is -3.08. The van der Waals surface area contributed by atoms with E-state index in [0.717, 1.165) is 30.5 Å². The number of aromatic nitrogens is 2. The van der Waals surface area contributed by atoms with Crippen LogP contribution in [0.4, 0.5) is 0 Å². The first-order valence-electron chi connectivity index (χ1n) is 8.45. The zero-order valence-corrected chi connectivity index (χ0v) is 13.7. The average molecular weight is 333 g/mol. The van der Waals surface area contributed by atoms with Crippen molar-refractivity contribution < 1.29 is 9.90 Å². The molecule has 1 atom stereocenters. The second-order valence-electron chi connectivity index (χ2n) is 6.26. The van der Waals surface area contributed by atoms with Crippen LogP contribution in [0.15, 0.2) is 60.8 Å². The van der Waals surface area contributed by atoms with Gasteiger partial charge in [-0.15, -0.1) is 0 Å². The third-order valence-electron chi connectivity index (χ3n) is 4.61. The van der Waals surface area contributed by atoms with Gasteiger partial charge in [-0.3, -0.25) is 4.79 Å². The molecule has 1 aromatic heterocycles. The van der Waals surface area contributed by atoms with Crippen molar-refractivity contribution in [3.05, 3.63) is 77.6 Å². The molecule has 2 N–H and O–H groups in total. The van der Waals surface area contributed by atoms with Gasteiger partial charge in [0.1, 0.15) is 0 Å². The number of nitrogens with zero attached hydrogens (tertiary/aromatic N) is 2. The molecule has 2 aromatic carbocycles. The molecule has 1 unspecified atom stereocenters. The van der Waals surface area contributed by atoms with Crippen LogP contribution >= 0.6 is 0 Å². The number of aromatic hydroxyl groups is 1. The Morgan fingerprint density at radius 2 is 1.88 bits per heavy atom. The normalized spacial score (nSPS) is 16.2. The van der Waals surface area contributed by atoms with Crippen LogP contribution in [0, 0.1) is 0 Å². The number of hydrogen-bond donors (Lipinski definition) is 2. The second-order valence-corrected chi connectivity index (χ2v) is 6.26. The summed E-state index contributed by atoms with van der Waals surface area (Å²) in [6.45, 7) is 0. The lowest BCUT2D eigenvalue weighted by Gasteiger charge is -2.26. The monoisotopic (exact) mass is 333 g/mol. The summed E-state index contributed by atoms with van der Waals surface area (Å²) in [7, 11) is 0. The highest BCUT2D eigenvalue weighted by Gasteiger charge is 2.24. The van der Waals surface area contributed by atoms with Crippen molar-refractivity contribution in [1.82, 2.24) is 15.1 Å². The molecule has 5 heteroatoms. The molecule has 0 radical (unpaired) electrons. The molecular weight excluding hydrogens is 314 g/mol. The SMILES string of the molecule is O=C(NC1CCCc2ccccc21)c1nn(-c2ccccc2)cc1O. The highest BCUT2D eigenvalue weighted by molar-refractivity contribution is 5.95. The maximum atomic E-state index is 12.6. The smallest absolute Gasteiger partial charge is 0.276 e. The van der Waals surface area contributed by atoms with E-state index in [4.69, 9.17) is 0 Å². The van der Waals surface area contributed by atoms with Gasteiger partial charge in [0.05, 0.1) is 17.9 Å². The van der Waals surface area contributed by atoms with Crippen molar-refractivity contribution >= 4 is 5.91 Å². The molecule has 1 amide bonds. The second kappa shape index (κ2) is 6.43. The summed E-state index contributed by atoms with van der Waals surface area (Å²) < 4.78 is 1.51. The van der Waals surface area contributed by atoms with Crippen LogP contribution in [0.25, 0.3) is 5.69 Å². The van der Waals surface area contributed by atoms with E-state index in [1.165, 1.54) is 16.4 Å². The number of para-hydroxylation sites is 1. The number of amides is 1. The van der Waals surface area contributed by atoms with Crippen LogP contribution in [-0.4, -0.2) is 20.8 Å². The molecule has 126 valence electrons. The Balaban J connectivity index is 1.58. The first-order valence-corrected chi connectivity index (χ1v) is 8.45. The van der Waals surface area contributed by atoms with Gasteiger partial charge in [0, 0.05) is 0 Å². The van der Waals surface area contributed by atoms with E-state index < -0.39 is 0 Å². The third kappa shape index (κ3) is 3.01. The minimum atomic E-state index is -0.353. The van der Waals surface area contributed by atoms with Crippen LogP contribution in [0.1, 0.15) is 40.5 Å². The molecule has 25 heavy (non-hydrogen) atoms. The lowest BCUT2D eigenvalue weighted by atomic mass is 9.87. The van der Waals surface area contributed by atoms with E-state index in [1.807, 2.05) is 42.5 Å². The highest BCUT2D eigenvalue weighted by Crippen LogP contribution is 2.30. The average Bonchev–Trinajstić information content (AvgIpc) is 3.05. The van der Waals surface area contributed by atoms with Crippen molar-refractivity contribution in [1.29, 1.82) is 0 Å². The Labute approximate surface area is 145 Å². The zero-order valence-electron chi connectivity index (χ0n) is 13.7. The van der Waals surface area contributed by atoms with Gasteiger partial charge in [-0.1, -0.05) is 42.5 Å². The zero-order chi connectivity index (χ0) is 17.2. The van der Waals surface area contributed by atoms with E-state index in [0.29, 0.717) is 0 Å². The topological polar surface area (TPSA) is 67.2 Å². The molecule has 0 saturated carbocycles. The number of carbonyl (C=O) groups is 1. The minimum absolute atomic E-state index is 0.0428. The summed E-state index contributed by atoms with van der Waals surface area (Å²) in [5, 5.41) is 17.4. The summed E-state index contributed by atoms with van der Waals surface area (Å²) in [6.07, 6.45) is 4.42. The van der Waals surface area contributed by atoms with Gasteiger partial charge >= 0.3 is 0 Å². The summed E-state index contributed by atoms with van der Waals surface area (Å²) in [5.41, 5.74) is 3.27. The van der Waals surface area contributed by atoms with Crippen LogP contribution < -0.4 is 5.32 Å². The maximum absolute atomic E-state index is 12.6. The lowest BCUT2D eigenvalue weighted by molar-refractivity contribution is 0.0924. The number of nitrogens with one attached hydrogen (secondary N) is 1.